The fourth-order valence-electron chi connectivity index (χ4n) is 4.55. The van der Waals surface area contributed by atoms with Crippen LogP contribution in [0.3, 0.4) is 0 Å². The molecule has 0 aromatic carbocycles. The number of carbonyl (C=O) groups is 1. The Bertz CT molecular complexity index is 1040. The average Bonchev–Trinajstić information content (AvgIpc) is 3.48. The van der Waals surface area contributed by atoms with Crippen LogP contribution >= 0.6 is 0 Å². The lowest BCUT2D eigenvalue weighted by molar-refractivity contribution is 0.0714. The molecule has 1 saturated heterocycles. The molecule has 150 valence electrons. The Morgan fingerprint density at radius 1 is 1.28 bits per heavy atom. The van der Waals surface area contributed by atoms with Gasteiger partial charge in [-0.3, -0.25) is 14.9 Å². The maximum atomic E-state index is 13.2. The molecular weight excluding hydrogens is 366 g/mol. The van der Waals surface area contributed by atoms with Crippen molar-refractivity contribution in [2.75, 3.05) is 6.54 Å². The molecular formula is C21H25N7O. The normalized spacial score (nSPS) is 18.8. The highest BCUT2D eigenvalue weighted by Crippen LogP contribution is 2.27. The van der Waals surface area contributed by atoms with Gasteiger partial charge in [-0.1, -0.05) is 11.3 Å². The second-order valence-corrected chi connectivity index (χ2v) is 8.03. The van der Waals surface area contributed by atoms with Gasteiger partial charge in [-0.2, -0.15) is 5.10 Å². The Balaban J connectivity index is 1.34. The molecule has 3 aromatic heterocycles. The Labute approximate surface area is 169 Å². The molecule has 8 nitrogen and oxygen atoms in total. The van der Waals surface area contributed by atoms with Gasteiger partial charge in [-0.15, -0.1) is 5.10 Å². The van der Waals surface area contributed by atoms with E-state index < -0.39 is 0 Å². The molecule has 1 unspecified atom stereocenters. The minimum Gasteiger partial charge on any atom is -0.332 e. The molecule has 1 fully saturated rings. The summed E-state index contributed by atoms with van der Waals surface area (Å²) < 4.78 is 1.83. The molecule has 1 atom stereocenters. The van der Waals surface area contributed by atoms with Crippen LogP contribution in [-0.2, 0) is 19.4 Å². The number of likely N-dealkylation sites (tertiary alicyclic amines) is 1. The lowest BCUT2D eigenvalue weighted by Crippen LogP contribution is -2.38. The fraction of sp³-hybridized carbons (Fsp3) is 0.476. The van der Waals surface area contributed by atoms with E-state index in [2.05, 4.69) is 25.5 Å². The van der Waals surface area contributed by atoms with Gasteiger partial charge in [0, 0.05) is 24.0 Å². The first-order chi connectivity index (χ1) is 14.2. The molecule has 0 bridgehead atoms. The standard InChI is InChI=1S/C21H25N7O/c1-14-6-4-10-22-19(14)18-13-27(26-24-18)12-15-7-5-11-28(15)21(29)20-16-8-2-3-9-17(16)23-25-20/h4,6,10,13,15H,2-3,5,7-9,11-12H2,1H3,(H,23,25). The second kappa shape index (κ2) is 7.42. The minimum absolute atomic E-state index is 0.0489. The summed E-state index contributed by atoms with van der Waals surface area (Å²) >= 11 is 0. The van der Waals surface area contributed by atoms with Crippen LogP contribution in [0, 0.1) is 6.92 Å². The molecule has 5 rings (SSSR count). The number of carbonyl (C=O) groups excluding carboxylic acids is 1. The van der Waals surface area contributed by atoms with E-state index in [9.17, 15) is 4.79 Å². The van der Waals surface area contributed by atoms with Gasteiger partial charge in [0.25, 0.3) is 5.91 Å². The van der Waals surface area contributed by atoms with Crippen LogP contribution in [0.15, 0.2) is 24.5 Å². The first-order valence-corrected chi connectivity index (χ1v) is 10.4. The zero-order valence-corrected chi connectivity index (χ0v) is 16.6. The number of pyridine rings is 1. The summed E-state index contributed by atoms with van der Waals surface area (Å²) in [5, 5.41) is 16.1. The van der Waals surface area contributed by atoms with E-state index in [1.54, 1.807) is 6.20 Å². The summed E-state index contributed by atoms with van der Waals surface area (Å²) in [6.07, 6.45) is 9.90. The number of fused-ring (bicyclic) bond motifs is 1. The monoisotopic (exact) mass is 391 g/mol. The molecule has 1 aliphatic heterocycles. The zero-order chi connectivity index (χ0) is 19.8. The Morgan fingerprint density at radius 3 is 3.07 bits per heavy atom. The number of hydrogen-bond acceptors (Lipinski definition) is 5. The molecule has 4 heterocycles. The third-order valence-corrected chi connectivity index (χ3v) is 6.09. The van der Waals surface area contributed by atoms with Crippen molar-refractivity contribution in [1.82, 2.24) is 35.1 Å². The molecule has 0 saturated carbocycles. The van der Waals surface area contributed by atoms with Gasteiger partial charge in [0.1, 0.15) is 5.69 Å². The molecule has 0 spiro atoms. The van der Waals surface area contributed by atoms with Gasteiger partial charge >= 0.3 is 0 Å². The van der Waals surface area contributed by atoms with E-state index in [1.165, 1.54) is 6.42 Å². The van der Waals surface area contributed by atoms with E-state index in [0.29, 0.717) is 12.2 Å². The van der Waals surface area contributed by atoms with Crippen LogP contribution in [0.1, 0.15) is 53.0 Å². The second-order valence-electron chi connectivity index (χ2n) is 8.03. The predicted octanol–water partition coefficient (Wildman–Crippen LogP) is 2.56. The number of aromatic nitrogens is 6. The molecule has 1 amide bonds. The maximum absolute atomic E-state index is 13.2. The summed E-state index contributed by atoms with van der Waals surface area (Å²) in [7, 11) is 0. The Kier molecular flexibility index (Phi) is 4.61. The fourth-order valence-corrected chi connectivity index (χ4v) is 4.55. The molecule has 3 aromatic rings. The summed E-state index contributed by atoms with van der Waals surface area (Å²) in [6, 6.07) is 4.04. The smallest absolute Gasteiger partial charge is 0.274 e. The van der Waals surface area contributed by atoms with Crippen molar-refractivity contribution in [3.63, 3.8) is 0 Å². The number of nitrogens with zero attached hydrogens (tertiary/aromatic N) is 6. The number of rotatable bonds is 4. The van der Waals surface area contributed by atoms with Crippen molar-refractivity contribution in [2.45, 2.75) is 58.0 Å². The molecule has 29 heavy (non-hydrogen) atoms. The number of H-pyrrole nitrogens is 1. The zero-order valence-electron chi connectivity index (χ0n) is 16.6. The van der Waals surface area contributed by atoms with Crippen molar-refractivity contribution in [3.05, 3.63) is 47.0 Å². The first-order valence-electron chi connectivity index (χ1n) is 10.4. The van der Waals surface area contributed by atoms with Gasteiger partial charge < -0.3 is 4.90 Å². The van der Waals surface area contributed by atoms with E-state index in [4.69, 9.17) is 0 Å². The van der Waals surface area contributed by atoms with Crippen LogP contribution in [0.4, 0.5) is 0 Å². The van der Waals surface area contributed by atoms with Crippen molar-refractivity contribution in [3.8, 4) is 11.4 Å². The van der Waals surface area contributed by atoms with Crippen LogP contribution in [-0.4, -0.2) is 53.6 Å². The third-order valence-electron chi connectivity index (χ3n) is 6.09. The Morgan fingerprint density at radius 2 is 2.17 bits per heavy atom. The SMILES string of the molecule is Cc1cccnc1-c1cn(CC2CCCN2C(=O)c2n[nH]c3c2CCCC3)nn1. The van der Waals surface area contributed by atoms with Crippen LogP contribution in [0.25, 0.3) is 11.4 Å². The summed E-state index contributed by atoms with van der Waals surface area (Å²) in [6.45, 7) is 3.42. The largest absolute Gasteiger partial charge is 0.332 e. The predicted molar refractivity (Wildman–Crippen MR) is 107 cm³/mol. The van der Waals surface area contributed by atoms with Gasteiger partial charge in [-0.05, 0) is 57.1 Å². The third kappa shape index (κ3) is 3.32. The molecule has 1 aliphatic carbocycles. The van der Waals surface area contributed by atoms with Crippen LogP contribution < -0.4 is 0 Å². The topological polar surface area (TPSA) is 92.6 Å². The van der Waals surface area contributed by atoms with Gasteiger partial charge in [-0.25, -0.2) is 4.68 Å². The Hall–Kier alpha value is -3.03. The van der Waals surface area contributed by atoms with E-state index >= 15 is 0 Å². The number of aryl methyl sites for hydroxylation is 2. The van der Waals surface area contributed by atoms with E-state index in [-0.39, 0.29) is 11.9 Å². The number of nitrogens with one attached hydrogen (secondary N) is 1. The van der Waals surface area contributed by atoms with Gasteiger partial charge in [0.15, 0.2) is 5.69 Å². The summed E-state index contributed by atoms with van der Waals surface area (Å²) in [5.74, 6) is 0.0489. The lowest BCUT2D eigenvalue weighted by Gasteiger charge is -2.24. The first kappa shape index (κ1) is 18.0. The number of amides is 1. The van der Waals surface area contributed by atoms with E-state index in [0.717, 1.165) is 66.9 Å². The molecule has 1 N–H and O–H groups in total. The summed E-state index contributed by atoms with van der Waals surface area (Å²) in [5.41, 5.74) is 5.57. The van der Waals surface area contributed by atoms with Crippen molar-refractivity contribution in [1.29, 1.82) is 0 Å². The summed E-state index contributed by atoms with van der Waals surface area (Å²) in [4.78, 5) is 19.6. The van der Waals surface area contributed by atoms with Crippen molar-refractivity contribution < 1.29 is 4.79 Å². The molecule has 2 aliphatic rings. The van der Waals surface area contributed by atoms with Crippen molar-refractivity contribution >= 4 is 5.91 Å². The number of aromatic amines is 1. The van der Waals surface area contributed by atoms with Crippen LogP contribution in [0.5, 0.6) is 0 Å². The quantitative estimate of drug-likeness (QED) is 0.738. The van der Waals surface area contributed by atoms with Gasteiger partial charge in [0.05, 0.1) is 24.5 Å². The average molecular weight is 391 g/mol. The van der Waals surface area contributed by atoms with Gasteiger partial charge in [0.2, 0.25) is 0 Å². The molecule has 0 radical (unpaired) electrons. The van der Waals surface area contributed by atoms with Crippen LogP contribution in [0.2, 0.25) is 0 Å². The highest BCUT2D eigenvalue weighted by molar-refractivity contribution is 5.94. The maximum Gasteiger partial charge on any atom is 0.274 e. The highest BCUT2D eigenvalue weighted by atomic mass is 16.2. The van der Waals surface area contributed by atoms with E-state index in [1.807, 2.05) is 34.8 Å². The highest BCUT2D eigenvalue weighted by Gasteiger charge is 2.33. The minimum atomic E-state index is 0.0489. The lowest BCUT2D eigenvalue weighted by atomic mass is 9.95. The molecule has 8 heteroatoms. The number of hydrogen-bond donors (Lipinski definition) is 1. The van der Waals surface area contributed by atoms with Crippen molar-refractivity contribution in [2.24, 2.45) is 0 Å².